The quantitative estimate of drug-likeness (QED) is 0.489. The number of ether oxygens (including phenoxy) is 1. The van der Waals surface area contributed by atoms with E-state index in [0.29, 0.717) is 27.3 Å². The molecule has 30 heavy (non-hydrogen) atoms. The maximum absolute atomic E-state index is 12.7. The third-order valence-corrected chi connectivity index (χ3v) is 5.33. The number of anilines is 1. The highest BCUT2D eigenvalue weighted by Crippen LogP contribution is 2.26. The maximum Gasteiger partial charge on any atom is 0.259 e. The van der Waals surface area contributed by atoms with Crippen molar-refractivity contribution in [1.82, 2.24) is 20.2 Å². The third kappa shape index (κ3) is 4.49. The van der Waals surface area contributed by atoms with Crippen molar-refractivity contribution in [2.45, 2.75) is 20.0 Å². The molecule has 7 nitrogen and oxygen atoms in total. The lowest BCUT2D eigenvalue weighted by Gasteiger charge is -2.15. The Labute approximate surface area is 177 Å². The second kappa shape index (κ2) is 8.79. The maximum atomic E-state index is 12.7. The topological polar surface area (TPSA) is 89.9 Å². The summed E-state index contributed by atoms with van der Waals surface area (Å²) < 4.78 is 5.92. The first-order valence-corrected chi connectivity index (χ1v) is 10.2. The Kier molecular flexibility index (Phi) is 5.76. The summed E-state index contributed by atoms with van der Waals surface area (Å²) in [5.74, 6) is 0.177. The van der Waals surface area contributed by atoms with Crippen LogP contribution >= 0.6 is 11.3 Å². The van der Waals surface area contributed by atoms with E-state index in [4.69, 9.17) is 4.74 Å². The van der Waals surface area contributed by atoms with Gasteiger partial charge in [-0.15, -0.1) is 10.2 Å². The van der Waals surface area contributed by atoms with Gasteiger partial charge in [-0.25, -0.2) is 4.98 Å². The number of hydrogen-bond donors (Lipinski definition) is 1. The number of pyridine rings is 2. The van der Waals surface area contributed by atoms with Gasteiger partial charge >= 0.3 is 0 Å². The largest absolute Gasteiger partial charge is 0.470 e. The molecule has 0 saturated carbocycles. The minimum Gasteiger partial charge on any atom is -0.470 e. The lowest BCUT2D eigenvalue weighted by atomic mass is 10.1. The molecule has 0 saturated heterocycles. The van der Waals surface area contributed by atoms with Crippen LogP contribution in [0.2, 0.25) is 0 Å². The summed E-state index contributed by atoms with van der Waals surface area (Å²) in [5, 5.41) is 12.1. The molecule has 150 valence electrons. The summed E-state index contributed by atoms with van der Waals surface area (Å²) in [6, 6.07) is 17.0. The van der Waals surface area contributed by atoms with Crippen LogP contribution in [0.5, 0.6) is 5.88 Å². The van der Waals surface area contributed by atoms with Crippen LogP contribution in [0.25, 0.3) is 10.6 Å². The summed E-state index contributed by atoms with van der Waals surface area (Å²) in [4.78, 5) is 21.1. The molecule has 0 spiro atoms. The molecule has 1 N–H and O–H groups in total. The van der Waals surface area contributed by atoms with Crippen molar-refractivity contribution in [3.05, 3.63) is 83.8 Å². The first kappa shape index (κ1) is 19.7. The molecular formula is C22H19N5O2S. The Hall–Kier alpha value is -3.65. The molecule has 0 radical (unpaired) electrons. The van der Waals surface area contributed by atoms with Crippen molar-refractivity contribution in [2.75, 3.05) is 5.32 Å². The molecule has 0 aliphatic rings. The van der Waals surface area contributed by atoms with Gasteiger partial charge in [0.1, 0.15) is 11.1 Å². The van der Waals surface area contributed by atoms with E-state index >= 15 is 0 Å². The molecule has 1 atom stereocenters. The standard InChI is InChI=1S/C22H19N5O2S/c1-14-18(8-9-19(24-14)29-15(2)16-6-4-3-5-7-16)20(28)25-22-27-26-21(30-22)17-10-12-23-13-11-17/h3-13,15H,1-2H3,(H,25,27,28). The lowest BCUT2D eigenvalue weighted by molar-refractivity contribution is 0.102. The Morgan fingerprint density at radius 3 is 2.53 bits per heavy atom. The lowest BCUT2D eigenvalue weighted by Crippen LogP contribution is -2.14. The second-order valence-electron chi connectivity index (χ2n) is 6.56. The first-order valence-electron chi connectivity index (χ1n) is 9.34. The van der Waals surface area contributed by atoms with E-state index in [2.05, 4.69) is 25.5 Å². The van der Waals surface area contributed by atoms with Gasteiger partial charge in [-0.05, 0) is 37.6 Å². The minimum absolute atomic E-state index is 0.147. The number of carbonyl (C=O) groups excluding carboxylic acids is 1. The molecule has 0 aliphatic carbocycles. The average molecular weight is 417 g/mol. The fraction of sp³-hybridized carbons (Fsp3) is 0.136. The number of rotatable bonds is 6. The highest BCUT2D eigenvalue weighted by molar-refractivity contribution is 7.18. The van der Waals surface area contributed by atoms with Crippen molar-refractivity contribution in [3.63, 3.8) is 0 Å². The average Bonchev–Trinajstić information content (AvgIpc) is 3.23. The predicted molar refractivity (Wildman–Crippen MR) is 116 cm³/mol. The Morgan fingerprint density at radius 1 is 1.03 bits per heavy atom. The summed E-state index contributed by atoms with van der Waals surface area (Å²) in [6.07, 6.45) is 3.23. The zero-order chi connectivity index (χ0) is 20.9. The van der Waals surface area contributed by atoms with Crippen molar-refractivity contribution in [2.24, 2.45) is 0 Å². The van der Waals surface area contributed by atoms with E-state index in [-0.39, 0.29) is 12.0 Å². The molecule has 0 aliphatic heterocycles. The summed E-state index contributed by atoms with van der Waals surface area (Å²) >= 11 is 1.30. The number of aryl methyl sites for hydroxylation is 1. The highest BCUT2D eigenvalue weighted by Gasteiger charge is 2.16. The Balaban J connectivity index is 1.44. The van der Waals surface area contributed by atoms with E-state index in [1.54, 1.807) is 31.5 Å². The van der Waals surface area contributed by atoms with Crippen molar-refractivity contribution in [3.8, 4) is 16.5 Å². The summed E-state index contributed by atoms with van der Waals surface area (Å²) in [6.45, 7) is 3.74. The van der Waals surface area contributed by atoms with Crippen LogP contribution < -0.4 is 10.1 Å². The fourth-order valence-corrected chi connectivity index (χ4v) is 3.61. The van der Waals surface area contributed by atoms with Gasteiger partial charge in [-0.3, -0.25) is 15.1 Å². The summed E-state index contributed by atoms with van der Waals surface area (Å²) in [5.41, 5.74) is 2.98. The van der Waals surface area contributed by atoms with Gasteiger partial charge in [0.05, 0.1) is 11.3 Å². The van der Waals surface area contributed by atoms with Crippen LogP contribution in [-0.4, -0.2) is 26.1 Å². The number of nitrogens with zero attached hydrogens (tertiary/aromatic N) is 4. The molecule has 1 unspecified atom stereocenters. The number of hydrogen-bond acceptors (Lipinski definition) is 7. The Bertz CT molecular complexity index is 1150. The van der Waals surface area contributed by atoms with Gasteiger partial charge in [0, 0.05) is 24.0 Å². The van der Waals surface area contributed by atoms with Crippen LogP contribution in [0.1, 0.15) is 34.6 Å². The number of nitrogens with one attached hydrogen (secondary N) is 1. The molecule has 1 aromatic carbocycles. The van der Waals surface area contributed by atoms with Gasteiger partial charge in [0.25, 0.3) is 5.91 Å². The van der Waals surface area contributed by atoms with Gasteiger partial charge in [-0.1, -0.05) is 41.7 Å². The van der Waals surface area contributed by atoms with Crippen molar-refractivity contribution >= 4 is 22.4 Å². The van der Waals surface area contributed by atoms with Crippen LogP contribution in [0, 0.1) is 6.92 Å². The zero-order valence-corrected chi connectivity index (χ0v) is 17.3. The highest BCUT2D eigenvalue weighted by atomic mass is 32.1. The molecule has 4 aromatic rings. The normalized spacial score (nSPS) is 11.7. The van der Waals surface area contributed by atoms with E-state index < -0.39 is 0 Å². The van der Waals surface area contributed by atoms with Gasteiger partial charge in [-0.2, -0.15) is 0 Å². The molecule has 3 aromatic heterocycles. The SMILES string of the molecule is Cc1nc(OC(C)c2ccccc2)ccc1C(=O)Nc1nnc(-c2ccncc2)s1. The predicted octanol–water partition coefficient (Wildman–Crippen LogP) is 4.70. The number of amides is 1. The van der Waals surface area contributed by atoms with Crippen LogP contribution in [-0.2, 0) is 0 Å². The van der Waals surface area contributed by atoms with Crippen LogP contribution in [0.3, 0.4) is 0 Å². The molecule has 8 heteroatoms. The van der Waals surface area contributed by atoms with E-state index in [0.717, 1.165) is 11.1 Å². The first-order chi connectivity index (χ1) is 14.6. The smallest absolute Gasteiger partial charge is 0.259 e. The molecular weight excluding hydrogens is 398 g/mol. The number of benzene rings is 1. The summed E-state index contributed by atoms with van der Waals surface area (Å²) in [7, 11) is 0. The van der Waals surface area contributed by atoms with E-state index in [1.807, 2.05) is 49.4 Å². The van der Waals surface area contributed by atoms with E-state index in [1.165, 1.54) is 11.3 Å². The van der Waals surface area contributed by atoms with Crippen molar-refractivity contribution < 1.29 is 9.53 Å². The van der Waals surface area contributed by atoms with Crippen molar-refractivity contribution in [1.29, 1.82) is 0 Å². The van der Waals surface area contributed by atoms with Gasteiger partial charge in [0.15, 0.2) is 0 Å². The fourth-order valence-electron chi connectivity index (χ4n) is 2.87. The monoisotopic (exact) mass is 417 g/mol. The number of carbonyl (C=O) groups is 1. The zero-order valence-electron chi connectivity index (χ0n) is 16.4. The van der Waals surface area contributed by atoms with Gasteiger partial charge < -0.3 is 4.74 Å². The third-order valence-electron chi connectivity index (χ3n) is 4.44. The minimum atomic E-state index is -0.292. The molecule has 0 bridgehead atoms. The van der Waals surface area contributed by atoms with Gasteiger partial charge in [0.2, 0.25) is 11.0 Å². The molecule has 3 heterocycles. The van der Waals surface area contributed by atoms with Crippen LogP contribution in [0.4, 0.5) is 5.13 Å². The Morgan fingerprint density at radius 2 is 1.80 bits per heavy atom. The molecule has 0 fully saturated rings. The molecule has 1 amide bonds. The second-order valence-corrected chi connectivity index (χ2v) is 7.53. The molecule has 4 rings (SSSR count). The van der Waals surface area contributed by atoms with Crippen LogP contribution in [0.15, 0.2) is 67.0 Å². The number of aromatic nitrogens is 4. The van der Waals surface area contributed by atoms with E-state index in [9.17, 15) is 4.79 Å².